The third-order valence-electron chi connectivity index (χ3n) is 7.92. The normalized spacial score (nSPS) is 21.2. The fourth-order valence-electron chi connectivity index (χ4n) is 5.46. The number of aliphatic hydroxyl groups is 1. The summed E-state index contributed by atoms with van der Waals surface area (Å²) in [6.45, 7) is 3.58. The molecule has 2 atom stereocenters. The van der Waals surface area contributed by atoms with Crippen LogP contribution in [0.3, 0.4) is 0 Å². The minimum absolute atomic E-state index is 0.00375. The summed E-state index contributed by atoms with van der Waals surface area (Å²) in [6.07, 6.45) is 5.30. The van der Waals surface area contributed by atoms with Gasteiger partial charge in [0.25, 0.3) is 5.91 Å². The monoisotopic (exact) mass is 605 g/mol. The number of ether oxygens (including phenoxy) is 2. The van der Waals surface area contributed by atoms with Gasteiger partial charge in [-0.2, -0.15) is 0 Å². The number of alkyl halides is 1. The highest BCUT2D eigenvalue weighted by Gasteiger charge is 2.51. The predicted octanol–water partition coefficient (Wildman–Crippen LogP) is 6.19. The Hall–Kier alpha value is -2.69. The van der Waals surface area contributed by atoms with E-state index in [1.165, 1.54) is 43.1 Å². The first-order valence-electron chi connectivity index (χ1n) is 13.5. The summed E-state index contributed by atoms with van der Waals surface area (Å²) in [6, 6.07) is 8.46. The van der Waals surface area contributed by atoms with Crippen molar-refractivity contribution in [3.05, 3.63) is 92.7 Å². The van der Waals surface area contributed by atoms with Crippen molar-refractivity contribution in [2.24, 2.45) is 0 Å². The van der Waals surface area contributed by atoms with Gasteiger partial charge in [0.15, 0.2) is 0 Å². The second-order valence-electron chi connectivity index (χ2n) is 10.6. The van der Waals surface area contributed by atoms with E-state index in [9.17, 15) is 9.90 Å². The Labute approximate surface area is 247 Å². The largest absolute Gasteiger partial charge is 0.382 e. The topological polar surface area (TPSA) is 84.8 Å². The van der Waals surface area contributed by atoms with E-state index in [4.69, 9.17) is 32.7 Å². The van der Waals surface area contributed by atoms with E-state index in [-0.39, 0.29) is 49.3 Å². The van der Waals surface area contributed by atoms with E-state index >= 15 is 8.78 Å². The van der Waals surface area contributed by atoms with Gasteiger partial charge < -0.3 is 19.5 Å². The molecule has 7 nitrogen and oxygen atoms in total. The van der Waals surface area contributed by atoms with Crippen molar-refractivity contribution in [1.82, 2.24) is 14.9 Å². The molecule has 0 bridgehead atoms. The standard InChI is InChI=1S/C26H23Cl2F2N3O3.C4H8O/c1-25(35,26(30)6-8-36-9-7-26)16-10-19-22(20(29)11-16)23(15-2-4-17(27)5-3-15)33(24(19)34)14-21-31-12-18(28)13-32-21;1-2-4-5-3-1/h2-5,10-13,23,35H,6-9,14H2,1H3;1-4H2. The zero-order chi connectivity index (χ0) is 29.2. The quantitative estimate of drug-likeness (QED) is 0.373. The average molecular weight is 606 g/mol. The number of aromatic nitrogens is 2. The Kier molecular flexibility index (Phi) is 8.92. The van der Waals surface area contributed by atoms with Gasteiger partial charge in [-0.3, -0.25) is 4.79 Å². The van der Waals surface area contributed by atoms with E-state index in [1.54, 1.807) is 24.3 Å². The molecule has 2 saturated heterocycles. The summed E-state index contributed by atoms with van der Waals surface area (Å²) in [4.78, 5) is 23.5. The van der Waals surface area contributed by atoms with Crippen LogP contribution in [0.5, 0.6) is 0 Å². The van der Waals surface area contributed by atoms with Crippen LogP contribution < -0.4 is 0 Å². The molecule has 11 heteroatoms. The van der Waals surface area contributed by atoms with Gasteiger partial charge in [-0.15, -0.1) is 0 Å². The van der Waals surface area contributed by atoms with E-state index < -0.39 is 29.0 Å². The molecule has 1 amide bonds. The van der Waals surface area contributed by atoms with E-state index in [0.29, 0.717) is 21.4 Å². The van der Waals surface area contributed by atoms with Crippen molar-refractivity contribution in [2.75, 3.05) is 26.4 Å². The molecule has 0 spiro atoms. The average Bonchev–Trinajstić information content (AvgIpc) is 3.63. The molecule has 3 aliphatic heterocycles. The summed E-state index contributed by atoms with van der Waals surface area (Å²) < 4.78 is 41.8. The molecule has 218 valence electrons. The minimum atomic E-state index is -2.03. The van der Waals surface area contributed by atoms with Crippen LogP contribution in [0.4, 0.5) is 8.78 Å². The number of carbonyl (C=O) groups is 1. The number of fused-ring (bicyclic) bond motifs is 1. The van der Waals surface area contributed by atoms with Gasteiger partial charge in [-0.1, -0.05) is 35.3 Å². The van der Waals surface area contributed by atoms with Crippen molar-refractivity contribution in [3.63, 3.8) is 0 Å². The van der Waals surface area contributed by atoms with Crippen LogP contribution >= 0.6 is 23.2 Å². The van der Waals surface area contributed by atoms with Crippen LogP contribution in [0.2, 0.25) is 10.0 Å². The second-order valence-corrected chi connectivity index (χ2v) is 11.5. The fourth-order valence-corrected chi connectivity index (χ4v) is 5.68. The number of hydrogen-bond donors (Lipinski definition) is 1. The number of halogens is 4. The molecule has 2 aromatic carbocycles. The zero-order valence-corrected chi connectivity index (χ0v) is 24.1. The number of amides is 1. The third-order valence-corrected chi connectivity index (χ3v) is 8.37. The summed E-state index contributed by atoms with van der Waals surface area (Å²) in [7, 11) is 0. The van der Waals surface area contributed by atoms with E-state index in [2.05, 4.69) is 9.97 Å². The summed E-state index contributed by atoms with van der Waals surface area (Å²) in [5, 5.41) is 12.1. The number of nitrogens with zero attached hydrogens (tertiary/aromatic N) is 3. The lowest BCUT2D eigenvalue weighted by atomic mass is 9.75. The van der Waals surface area contributed by atoms with Gasteiger partial charge in [-0.25, -0.2) is 18.7 Å². The van der Waals surface area contributed by atoms with E-state index in [0.717, 1.165) is 19.3 Å². The van der Waals surface area contributed by atoms with Crippen LogP contribution in [0.1, 0.15) is 71.5 Å². The molecule has 0 saturated carbocycles. The van der Waals surface area contributed by atoms with E-state index in [1.807, 2.05) is 0 Å². The minimum Gasteiger partial charge on any atom is -0.382 e. The molecule has 2 unspecified atom stereocenters. The maximum Gasteiger partial charge on any atom is 0.255 e. The number of hydrogen-bond acceptors (Lipinski definition) is 6. The molecule has 2 fully saturated rings. The summed E-state index contributed by atoms with van der Waals surface area (Å²) in [5.74, 6) is -0.886. The second kappa shape index (κ2) is 12.3. The molecule has 3 aromatic rings. The fraction of sp³-hybridized carbons (Fsp3) is 0.433. The van der Waals surface area contributed by atoms with Crippen molar-refractivity contribution in [2.45, 2.75) is 56.5 Å². The Morgan fingerprint density at radius 2 is 1.63 bits per heavy atom. The van der Waals surface area contributed by atoms with Gasteiger partial charge >= 0.3 is 0 Å². The van der Waals surface area contributed by atoms with Crippen molar-refractivity contribution >= 4 is 29.1 Å². The van der Waals surface area contributed by atoms with Crippen LogP contribution in [0.25, 0.3) is 0 Å². The maximum atomic E-state index is 15.8. The van der Waals surface area contributed by atoms with Crippen molar-refractivity contribution in [3.8, 4) is 0 Å². The predicted molar refractivity (Wildman–Crippen MR) is 150 cm³/mol. The van der Waals surface area contributed by atoms with Crippen molar-refractivity contribution < 1.29 is 28.2 Å². The Morgan fingerprint density at radius 3 is 2.22 bits per heavy atom. The first-order valence-corrected chi connectivity index (χ1v) is 14.3. The van der Waals surface area contributed by atoms with Gasteiger partial charge in [0.1, 0.15) is 22.9 Å². The lowest BCUT2D eigenvalue weighted by Crippen LogP contribution is -2.50. The maximum absolute atomic E-state index is 15.8. The smallest absolute Gasteiger partial charge is 0.255 e. The third kappa shape index (κ3) is 6.10. The number of benzene rings is 2. The molecule has 41 heavy (non-hydrogen) atoms. The van der Waals surface area contributed by atoms with Crippen LogP contribution in [-0.4, -0.2) is 58.0 Å². The zero-order valence-electron chi connectivity index (χ0n) is 22.6. The Bertz CT molecular complexity index is 1370. The first kappa shape index (κ1) is 29.8. The SMILES string of the molecule is C1CCOC1.CC(O)(c1cc(F)c2c(c1)C(=O)N(Cc1ncc(Cl)cn1)C2c1ccc(Cl)cc1)C1(F)CCOCC1. The summed E-state index contributed by atoms with van der Waals surface area (Å²) >= 11 is 12.0. The molecular formula is C30H31Cl2F2N3O4. The van der Waals surface area contributed by atoms with Crippen LogP contribution in [-0.2, 0) is 21.6 Å². The Balaban J connectivity index is 0.000000610. The highest BCUT2D eigenvalue weighted by atomic mass is 35.5. The van der Waals surface area contributed by atoms with Gasteiger partial charge in [-0.05, 0) is 55.2 Å². The summed E-state index contributed by atoms with van der Waals surface area (Å²) in [5.41, 5.74) is -3.25. The van der Waals surface area contributed by atoms with Crippen LogP contribution in [0, 0.1) is 5.82 Å². The highest BCUT2D eigenvalue weighted by Crippen LogP contribution is 2.47. The lowest BCUT2D eigenvalue weighted by molar-refractivity contribution is -0.143. The number of carbonyl (C=O) groups excluding carboxylic acids is 1. The van der Waals surface area contributed by atoms with Gasteiger partial charge in [0, 0.05) is 67.8 Å². The number of rotatable bonds is 5. The molecule has 1 aromatic heterocycles. The van der Waals surface area contributed by atoms with Gasteiger partial charge in [0.2, 0.25) is 0 Å². The molecule has 6 rings (SSSR count). The molecule has 3 aliphatic rings. The van der Waals surface area contributed by atoms with Gasteiger partial charge in [0.05, 0.1) is 17.6 Å². The first-order chi connectivity index (χ1) is 19.6. The molecule has 0 aliphatic carbocycles. The highest BCUT2D eigenvalue weighted by molar-refractivity contribution is 6.30. The molecule has 4 heterocycles. The lowest BCUT2D eigenvalue weighted by Gasteiger charge is -2.41. The van der Waals surface area contributed by atoms with Crippen molar-refractivity contribution in [1.29, 1.82) is 0 Å². The Morgan fingerprint density at radius 1 is 1.02 bits per heavy atom. The molecular weight excluding hydrogens is 575 g/mol. The van der Waals surface area contributed by atoms with Crippen LogP contribution in [0.15, 0.2) is 48.8 Å². The molecule has 1 N–H and O–H groups in total. The molecule has 0 radical (unpaired) electrons.